The van der Waals surface area contributed by atoms with Crippen LogP contribution in [-0.4, -0.2) is 22.9 Å². The summed E-state index contributed by atoms with van der Waals surface area (Å²) in [5, 5.41) is 2.19. The van der Waals surface area contributed by atoms with Crippen molar-refractivity contribution < 1.29 is 9.63 Å². The molecule has 3 nitrogen and oxygen atoms in total. The van der Waals surface area contributed by atoms with Gasteiger partial charge in [0.05, 0.1) is 0 Å². The van der Waals surface area contributed by atoms with Crippen LogP contribution in [0.25, 0.3) is 0 Å². The van der Waals surface area contributed by atoms with Gasteiger partial charge in [-0.2, -0.15) is 5.06 Å². The van der Waals surface area contributed by atoms with Gasteiger partial charge in [-0.3, -0.25) is 9.63 Å². The highest BCUT2D eigenvalue weighted by atomic mass is 16.7. The number of piperidine rings is 2. The third-order valence-corrected chi connectivity index (χ3v) is 6.31. The van der Waals surface area contributed by atoms with Crippen molar-refractivity contribution in [3.63, 3.8) is 0 Å². The number of hydrogen-bond donors (Lipinski definition) is 0. The molecule has 2 saturated heterocycles. The number of rotatable bonds is 5. The fraction of sp³-hybridized carbons (Fsp3) is 0.409. The summed E-state index contributed by atoms with van der Waals surface area (Å²) in [5.74, 6) is 1.84. The molecule has 6 rings (SSSR count). The van der Waals surface area contributed by atoms with Crippen molar-refractivity contribution in [1.82, 2.24) is 5.06 Å². The lowest BCUT2D eigenvalue weighted by atomic mass is 9.98. The van der Waals surface area contributed by atoms with Gasteiger partial charge in [-0.1, -0.05) is 60.7 Å². The fourth-order valence-electron chi connectivity index (χ4n) is 5.20. The average Bonchev–Trinajstić information content (AvgIpc) is 3.15. The highest BCUT2D eigenvalue weighted by Crippen LogP contribution is 2.54. The monoisotopic (exact) mass is 333 g/mol. The van der Waals surface area contributed by atoms with Crippen molar-refractivity contribution in [3.8, 4) is 0 Å². The van der Waals surface area contributed by atoms with E-state index < -0.39 is 6.10 Å². The first-order chi connectivity index (χ1) is 12.3. The van der Waals surface area contributed by atoms with E-state index in [-0.39, 0.29) is 5.78 Å². The standard InChI is InChI=1S/C22H23NO2/c24-21(15-7-3-1-4-8-15)22(16-9-5-2-6-10-16)25-23-19-11-17-12-20(23)14-18(17)13-19/h1-10,17-20,22H,11-14H2. The average molecular weight is 333 g/mol. The maximum atomic E-state index is 13.2. The van der Waals surface area contributed by atoms with E-state index in [9.17, 15) is 4.79 Å². The Balaban J connectivity index is 1.45. The highest BCUT2D eigenvalue weighted by molar-refractivity contribution is 6.00. The number of carbonyl (C=O) groups is 1. The van der Waals surface area contributed by atoms with Gasteiger partial charge in [0.15, 0.2) is 11.9 Å². The number of benzene rings is 2. The molecule has 0 N–H and O–H groups in total. The Morgan fingerprint density at radius 2 is 1.36 bits per heavy atom. The first-order valence-electron chi connectivity index (χ1n) is 9.39. The molecule has 2 aliphatic carbocycles. The summed E-state index contributed by atoms with van der Waals surface area (Å²) < 4.78 is 0. The molecule has 2 aliphatic heterocycles. The predicted molar refractivity (Wildman–Crippen MR) is 95.9 cm³/mol. The van der Waals surface area contributed by atoms with E-state index in [2.05, 4.69) is 5.06 Å². The topological polar surface area (TPSA) is 29.5 Å². The van der Waals surface area contributed by atoms with Crippen LogP contribution in [0.4, 0.5) is 0 Å². The molecule has 0 amide bonds. The van der Waals surface area contributed by atoms with Gasteiger partial charge in [-0.15, -0.1) is 0 Å². The molecule has 0 aromatic heterocycles. The minimum Gasteiger partial charge on any atom is -0.291 e. The molecule has 2 heterocycles. The summed E-state index contributed by atoms with van der Waals surface area (Å²) in [6, 6.07) is 20.4. The number of hydrogen-bond acceptors (Lipinski definition) is 3. The third-order valence-electron chi connectivity index (χ3n) is 6.31. The Bertz CT molecular complexity index is 730. The molecular formula is C22H23NO2. The van der Waals surface area contributed by atoms with Gasteiger partial charge < -0.3 is 0 Å². The zero-order valence-corrected chi connectivity index (χ0v) is 14.3. The molecule has 4 bridgehead atoms. The van der Waals surface area contributed by atoms with E-state index in [1.807, 2.05) is 60.7 Å². The van der Waals surface area contributed by atoms with E-state index in [1.165, 1.54) is 25.7 Å². The SMILES string of the molecule is O=C(c1ccccc1)C(ON1C2CC3CC1CC3C2)c1ccccc1. The van der Waals surface area contributed by atoms with Gasteiger partial charge in [-0.25, -0.2) is 0 Å². The minimum atomic E-state index is -0.556. The van der Waals surface area contributed by atoms with E-state index in [1.54, 1.807) is 0 Å². The number of nitrogens with zero attached hydrogens (tertiary/aromatic N) is 1. The quantitative estimate of drug-likeness (QED) is 0.759. The Labute approximate surface area is 148 Å². The van der Waals surface area contributed by atoms with Crippen molar-refractivity contribution in [3.05, 3.63) is 71.8 Å². The molecule has 1 unspecified atom stereocenters. The van der Waals surface area contributed by atoms with Gasteiger partial charge in [0.25, 0.3) is 0 Å². The second-order valence-electron chi connectivity index (χ2n) is 7.76. The molecule has 3 heteroatoms. The lowest BCUT2D eigenvalue weighted by Gasteiger charge is -2.40. The minimum absolute atomic E-state index is 0.0443. The summed E-state index contributed by atoms with van der Waals surface area (Å²) in [6.07, 6.45) is 4.40. The van der Waals surface area contributed by atoms with Gasteiger partial charge in [-0.05, 0) is 43.1 Å². The lowest BCUT2D eigenvalue weighted by Crippen LogP contribution is -2.47. The second kappa shape index (κ2) is 6.08. The third kappa shape index (κ3) is 2.62. The second-order valence-corrected chi connectivity index (χ2v) is 7.76. The van der Waals surface area contributed by atoms with Crippen LogP contribution in [0, 0.1) is 11.8 Å². The summed E-state index contributed by atoms with van der Waals surface area (Å²) in [4.78, 5) is 19.7. The van der Waals surface area contributed by atoms with Crippen molar-refractivity contribution in [2.24, 2.45) is 11.8 Å². The smallest absolute Gasteiger partial charge is 0.198 e. The molecule has 4 aliphatic rings. The maximum absolute atomic E-state index is 13.2. The van der Waals surface area contributed by atoms with Crippen LogP contribution >= 0.6 is 0 Å². The molecule has 25 heavy (non-hydrogen) atoms. The molecule has 0 spiro atoms. The van der Waals surface area contributed by atoms with Crippen LogP contribution < -0.4 is 0 Å². The number of carbonyl (C=O) groups excluding carboxylic acids is 1. The van der Waals surface area contributed by atoms with Crippen LogP contribution in [0.3, 0.4) is 0 Å². The van der Waals surface area contributed by atoms with E-state index in [0.29, 0.717) is 17.6 Å². The van der Waals surface area contributed by atoms with Crippen molar-refractivity contribution in [2.75, 3.05) is 0 Å². The molecule has 4 fully saturated rings. The van der Waals surface area contributed by atoms with Crippen LogP contribution in [0.5, 0.6) is 0 Å². The molecule has 2 aromatic rings. The van der Waals surface area contributed by atoms with Crippen LogP contribution in [-0.2, 0) is 4.84 Å². The van der Waals surface area contributed by atoms with Crippen molar-refractivity contribution >= 4 is 5.78 Å². The lowest BCUT2D eigenvalue weighted by molar-refractivity contribution is -0.246. The normalized spacial score (nSPS) is 31.4. The Kier molecular flexibility index (Phi) is 3.72. The van der Waals surface area contributed by atoms with Crippen LogP contribution in [0.1, 0.15) is 47.7 Å². The number of ketones is 1. The summed E-state index contributed by atoms with van der Waals surface area (Å²) in [7, 11) is 0. The van der Waals surface area contributed by atoms with Gasteiger partial charge in [0, 0.05) is 17.6 Å². The van der Waals surface area contributed by atoms with Gasteiger partial charge in [0.1, 0.15) is 0 Å². The Morgan fingerprint density at radius 1 is 0.840 bits per heavy atom. The van der Waals surface area contributed by atoms with Gasteiger partial charge in [0.2, 0.25) is 0 Å². The first kappa shape index (κ1) is 15.3. The zero-order chi connectivity index (χ0) is 16.8. The van der Waals surface area contributed by atoms with Crippen LogP contribution in [0.15, 0.2) is 60.7 Å². The summed E-state index contributed by atoms with van der Waals surface area (Å²) in [6.45, 7) is 0. The summed E-state index contributed by atoms with van der Waals surface area (Å²) in [5.41, 5.74) is 1.65. The van der Waals surface area contributed by atoms with Crippen molar-refractivity contribution in [1.29, 1.82) is 0 Å². The largest absolute Gasteiger partial charge is 0.291 e. The maximum Gasteiger partial charge on any atom is 0.198 e. The van der Waals surface area contributed by atoms with E-state index in [4.69, 9.17) is 4.84 Å². The predicted octanol–water partition coefficient (Wildman–Crippen LogP) is 4.42. The van der Waals surface area contributed by atoms with Crippen LogP contribution in [0.2, 0.25) is 0 Å². The molecule has 0 radical (unpaired) electrons. The highest BCUT2D eigenvalue weighted by Gasteiger charge is 2.53. The molecule has 2 saturated carbocycles. The molecule has 2 aromatic carbocycles. The van der Waals surface area contributed by atoms with E-state index >= 15 is 0 Å². The Hall–Kier alpha value is -1.97. The number of hydroxylamine groups is 2. The first-order valence-corrected chi connectivity index (χ1v) is 9.39. The molecular weight excluding hydrogens is 310 g/mol. The number of Topliss-reactive ketones (excluding diaryl/α,β-unsaturated/α-hetero) is 1. The molecule has 128 valence electrons. The molecule has 1 atom stereocenters. The fourth-order valence-corrected chi connectivity index (χ4v) is 5.20. The van der Waals surface area contributed by atoms with E-state index in [0.717, 1.165) is 17.4 Å². The van der Waals surface area contributed by atoms with Gasteiger partial charge >= 0.3 is 0 Å². The zero-order valence-electron chi connectivity index (χ0n) is 14.3. The van der Waals surface area contributed by atoms with Crippen molar-refractivity contribution in [2.45, 2.75) is 43.9 Å². The Morgan fingerprint density at radius 3 is 1.92 bits per heavy atom. The summed E-state index contributed by atoms with van der Waals surface area (Å²) >= 11 is 0.